The van der Waals surface area contributed by atoms with E-state index in [4.69, 9.17) is 9.47 Å². The minimum Gasteiger partial charge on any atom is -0.423 e. The van der Waals surface area contributed by atoms with Crippen molar-refractivity contribution in [2.45, 2.75) is 0 Å². The molecular formula is C20H17N3O5S. The molecule has 0 N–H and O–H groups in total. The molecule has 0 amide bonds. The van der Waals surface area contributed by atoms with Gasteiger partial charge in [0.05, 0.1) is 28.4 Å². The van der Waals surface area contributed by atoms with Gasteiger partial charge in [-0.05, 0) is 23.8 Å². The number of rotatable bonds is 5. The highest BCUT2D eigenvalue weighted by Gasteiger charge is 2.16. The van der Waals surface area contributed by atoms with Gasteiger partial charge in [-0.1, -0.05) is 23.5 Å². The van der Waals surface area contributed by atoms with Crippen molar-refractivity contribution in [2.24, 2.45) is 0 Å². The molecule has 29 heavy (non-hydrogen) atoms. The number of benzene rings is 2. The largest absolute Gasteiger partial charge is 0.423 e. The van der Waals surface area contributed by atoms with Crippen molar-refractivity contribution in [2.75, 3.05) is 31.2 Å². The fourth-order valence-electron chi connectivity index (χ4n) is 2.90. The van der Waals surface area contributed by atoms with E-state index < -0.39 is 10.9 Å². The lowest BCUT2D eigenvalue weighted by molar-refractivity contribution is -0.384. The molecule has 0 bridgehead atoms. The van der Waals surface area contributed by atoms with Gasteiger partial charge in [0.2, 0.25) is 0 Å². The number of fused-ring (bicyclic) bond motifs is 1. The summed E-state index contributed by atoms with van der Waals surface area (Å²) in [7, 11) is 0. The van der Waals surface area contributed by atoms with Crippen LogP contribution in [0.25, 0.3) is 16.3 Å². The highest BCUT2D eigenvalue weighted by molar-refractivity contribution is 7.22. The van der Waals surface area contributed by atoms with Crippen molar-refractivity contribution >= 4 is 44.4 Å². The van der Waals surface area contributed by atoms with E-state index in [1.54, 1.807) is 35.6 Å². The van der Waals surface area contributed by atoms with Crippen LogP contribution in [-0.2, 0) is 9.53 Å². The number of thiazole rings is 1. The third kappa shape index (κ3) is 4.58. The Kier molecular flexibility index (Phi) is 5.50. The summed E-state index contributed by atoms with van der Waals surface area (Å²) in [6.07, 6.45) is 2.73. The molecule has 1 fully saturated rings. The summed E-state index contributed by atoms with van der Waals surface area (Å²) in [5.41, 5.74) is 1.36. The molecule has 4 rings (SSSR count). The number of ether oxygens (including phenoxy) is 2. The van der Waals surface area contributed by atoms with Crippen molar-refractivity contribution in [3.8, 4) is 5.75 Å². The second-order valence-corrected chi connectivity index (χ2v) is 7.34. The van der Waals surface area contributed by atoms with Gasteiger partial charge in [-0.15, -0.1) is 0 Å². The predicted octanol–water partition coefficient (Wildman–Crippen LogP) is 3.66. The molecule has 0 aliphatic carbocycles. The third-order valence-electron chi connectivity index (χ3n) is 4.34. The van der Waals surface area contributed by atoms with E-state index in [0.717, 1.165) is 28.4 Å². The van der Waals surface area contributed by atoms with Gasteiger partial charge in [-0.3, -0.25) is 10.1 Å². The van der Waals surface area contributed by atoms with Gasteiger partial charge >= 0.3 is 5.97 Å². The molecule has 3 aromatic rings. The second kappa shape index (κ2) is 8.38. The van der Waals surface area contributed by atoms with E-state index >= 15 is 0 Å². The Morgan fingerprint density at radius 3 is 2.86 bits per heavy atom. The van der Waals surface area contributed by atoms with E-state index in [2.05, 4.69) is 9.88 Å². The van der Waals surface area contributed by atoms with Gasteiger partial charge in [0.25, 0.3) is 5.69 Å². The summed E-state index contributed by atoms with van der Waals surface area (Å²) in [6, 6.07) is 11.3. The highest BCUT2D eigenvalue weighted by Crippen LogP contribution is 2.31. The quantitative estimate of drug-likeness (QED) is 0.208. The number of morpholine rings is 1. The van der Waals surface area contributed by atoms with E-state index in [1.807, 2.05) is 6.07 Å². The number of nitrogens with zero attached hydrogens (tertiary/aromatic N) is 3. The minimum atomic E-state index is -0.561. The molecule has 0 spiro atoms. The van der Waals surface area contributed by atoms with Crippen LogP contribution in [0.4, 0.5) is 10.8 Å². The number of hydrogen-bond donors (Lipinski definition) is 0. The van der Waals surface area contributed by atoms with E-state index in [-0.39, 0.29) is 5.69 Å². The molecule has 0 atom stereocenters. The third-order valence-corrected chi connectivity index (χ3v) is 5.42. The van der Waals surface area contributed by atoms with Gasteiger partial charge in [0, 0.05) is 37.4 Å². The molecule has 148 valence electrons. The number of carbonyl (C=O) groups excluding carboxylic acids is 1. The molecule has 1 aliphatic rings. The van der Waals surface area contributed by atoms with Gasteiger partial charge in [0.15, 0.2) is 5.13 Å². The summed E-state index contributed by atoms with van der Waals surface area (Å²) < 4.78 is 11.7. The SMILES string of the molecule is O=C(/C=C/c1cccc([N+](=O)[O-])c1)Oc1ccc2nc(N3CCOCC3)sc2c1. The van der Waals surface area contributed by atoms with Crippen molar-refractivity contribution < 1.29 is 19.2 Å². The maximum Gasteiger partial charge on any atom is 0.336 e. The van der Waals surface area contributed by atoms with Crippen molar-refractivity contribution in [1.29, 1.82) is 0 Å². The number of nitro benzene ring substituents is 1. The number of non-ortho nitro benzene ring substituents is 1. The summed E-state index contributed by atoms with van der Waals surface area (Å²) in [5.74, 6) is -0.142. The molecule has 1 aliphatic heterocycles. The van der Waals surface area contributed by atoms with Crippen LogP contribution in [0.2, 0.25) is 0 Å². The zero-order valence-electron chi connectivity index (χ0n) is 15.3. The van der Waals surface area contributed by atoms with Crippen LogP contribution in [0.1, 0.15) is 5.56 Å². The highest BCUT2D eigenvalue weighted by atomic mass is 32.1. The van der Waals surface area contributed by atoms with E-state index in [9.17, 15) is 14.9 Å². The lowest BCUT2D eigenvalue weighted by Gasteiger charge is -2.25. The number of anilines is 1. The number of hydrogen-bond acceptors (Lipinski definition) is 8. The number of aromatic nitrogens is 1. The molecule has 0 radical (unpaired) electrons. The topological polar surface area (TPSA) is 94.8 Å². The molecule has 8 nitrogen and oxygen atoms in total. The zero-order chi connectivity index (χ0) is 20.2. The maximum absolute atomic E-state index is 12.1. The first-order valence-corrected chi connectivity index (χ1v) is 9.78. The first kappa shape index (κ1) is 19.0. The summed E-state index contributed by atoms with van der Waals surface area (Å²) in [6.45, 7) is 3.00. The molecule has 2 heterocycles. The Morgan fingerprint density at radius 1 is 1.24 bits per heavy atom. The van der Waals surface area contributed by atoms with Gasteiger partial charge in [-0.2, -0.15) is 0 Å². The Labute approximate surface area is 170 Å². The lowest BCUT2D eigenvalue weighted by atomic mass is 10.2. The zero-order valence-corrected chi connectivity index (χ0v) is 16.1. The fourth-order valence-corrected chi connectivity index (χ4v) is 3.95. The van der Waals surface area contributed by atoms with Gasteiger partial charge < -0.3 is 14.4 Å². The molecule has 1 aromatic heterocycles. The van der Waals surface area contributed by atoms with Crippen LogP contribution in [-0.4, -0.2) is 42.2 Å². The average molecular weight is 411 g/mol. The molecular weight excluding hydrogens is 394 g/mol. The molecule has 9 heteroatoms. The fraction of sp³-hybridized carbons (Fsp3) is 0.200. The predicted molar refractivity (Wildman–Crippen MR) is 110 cm³/mol. The first-order chi connectivity index (χ1) is 14.1. The number of carbonyl (C=O) groups is 1. The Morgan fingerprint density at radius 2 is 2.07 bits per heavy atom. The summed E-state index contributed by atoms with van der Waals surface area (Å²) in [5, 5.41) is 11.7. The van der Waals surface area contributed by atoms with Crippen LogP contribution in [0, 0.1) is 10.1 Å². The Bertz CT molecular complexity index is 1090. The van der Waals surface area contributed by atoms with E-state index in [0.29, 0.717) is 24.5 Å². The number of esters is 1. The molecule has 0 saturated carbocycles. The van der Waals surface area contributed by atoms with Gasteiger partial charge in [0.1, 0.15) is 5.75 Å². The van der Waals surface area contributed by atoms with Crippen molar-refractivity contribution in [3.63, 3.8) is 0 Å². The monoisotopic (exact) mass is 411 g/mol. The molecule has 0 unspecified atom stereocenters. The van der Waals surface area contributed by atoms with Crippen molar-refractivity contribution in [1.82, 2.24) is 4.98 Å². The second-order valence-electron chi connectivity index (χ2n) is 6.33. The van der Waals surface area contributed by atoms with Crippen LogP contribution < -0.4 is 9.64 Å². The smallest absolute Gasteiger partial charge is 0.336 e. The van der Waals surface area contributed by atoms with Crippen molar-refractivity contribution in [3.05, 3.63) is 64.2 Å². The van der Waals surface area contributed by atoms with Crippen LogP contribution in [0.5, 0.6) is 5.75 Å². The summed E-state index contributed by atoms with van der Waals surface area (Å²) >= 11 is 1.55. The lowest BCUT2D eigenvalue weighted by Crippen LogP contribution is -2.36. The Balaban J connectivity index is 1.45. The van der Waals surface area contributed by atoms with Crippen LogP contribution in [0.15, 0.2) is 48.5 Å². The van der Waals surface area contributed by atoms with Crippen LogP contribution >= 0.6 is 11.3 Å². The summed E-state index contributed by atoms with van der Waals surface area (Å²) in [4.78, 5) is 29.3. The standard InChI is InChI=1S/C20H17N3O5S/c24-19(7-4-14-2-1-3-15(12-14)23(25)26)28-16-5-6-17-18(13-16)29-20(21-17)22-8-10-27-11-9-22/h1-7,12-13H,8-11H2/b7-4+. The first-order valence-electron chi connectivity index (χ1n) is 8.96. The normalized spacial score (nSPS) is 14.4. The van der Waals surface area contributed by atoms with Crippen LogP contribution in [0.3, 0.4) is 0 Å². The maximum atomic E-state index is 12.1. The number of nitro groups is 1. The van der Waals surface area contributed by atoms with E-state index in [1.165, 1.54) is 24.3 Å². The average Bonchev–Trinajstić information content (AvgIpc) is 3.16. The molecule has 1 saturated heterocycles. The molecule has 2 aromatic carbocycles. The minimum absolute atomic E-state index is 0.0350. The van der Waals surface area contributed by atoms with Gasteiger partial charge in [-0.25, -0.2) is 9.78 Å². The Hall–Kier alpha value is -3.30.